The molecule has 2 atom stereocenters. The summed E-state index contributed by atoms with van der Waals surface area (Å²) in [5, 5.41) is 58.6. The molecule has 0 aromatic carbocycles. The number of aliphatic hydroxyl groups excluding tert-OH is 4. The zero-order valence-electron chi connectivity index (χ0n) is 9.38. The molecule has 2 unspecified atom stereocenters. The van der Waals surface area contributed by atoms with Gasteiger partial charge in [0.15, 0.2) is 10.1 Å². The maximum absolute atomic E-state index is 9.12. The molecule has 0 aliphatic rings. The Morgan fingerprint density at radius 1 is 0.833 bits per heavy atom. The summed E-state index contributed by atoms with van der Waals surface area (Å²) in [6.07, 6.45) is -1.97. The summed E-state index contributed by atoms with van der Waals surface area (Å²) in [5.41, 5.74) is 0. The number of aliphatic hydroxyl groups is 4. The van der Waals surface area contributed by atoms with Crippen LogP contribution in [0.2, 0.25) is 0 Å². The van der Waals surface area contributed by atoms with Gasteiger partial charge in [0, 0.05) is 11.5 Å². The molecule has 0 aromatic heterocycles. The van der Waals surface area contributed by atoms with Crippen LogP contribution in [-0.4, -0.2) is 77.9 Å². The second kappa shape index (κ2) is 10.4. The monoisotopic (exact) mass is 300 g/mol. The second-order valence-corrected chi connectivity index (χ2v) is 5.12. The van der Waals surface area contributed by atoms with E-state index in [1.54, 1.807) is 0 Å². The van der Waals surface area contributed by atoms with Gasteiger partial charge in [0.1, 0.15) is 0 Å². The molecule has 0 radical (unpaired) electrons. The van der Waals surface area contributed by atoms with E-state index in [4.69, 9.17) is 30.8 Å². The largest absolute Gasteiger partial charge is 0.410 e. The van der Waals surface area contributed by atoms with Crippen molar-refractivity contribution in [3.05, 3.63) is 0 Å². The van der Waals surface area contributed by atoms with Crippen LogP contribution in [0.25, 0.3) is 0 Å². The zero-order chi connectivity index (χ0) is 14.0. The lowest BCUT2D eigenvalue weighted by Crippen LogP contribution is -2.20. The van der Waals surface area contributed by atoms with Crippen molar-refractivity contribution >= 4 is 33.6 Å². The Kier molecular flexibility index (Phi) is 10.1. The Labute approximate surface area is 112 Å². The van der Waals surface area contributed by atoms with Crippen LogP contribution in [-0.2, 0) is 0 Å². The Morgan fingerprint density at radius 3 is 1.39 bits per heavy atom. The first-order chi connectivity index (χ1) is 8.58. The first kappa shape index (κ1) is 17.5. The average molecular weight is 300 g/mol. The van der Waals surface area contributed by atoms with Gasteiger partial charge >= 0.3 is 0 Å². The molecule has 106 valence electrons. The highest BCUT2D eigenvalue weighted by molar-refractivity contribution is 8.25. The molecule has 0 spiro atoms. The standard InChI is InChI=1S/C8H16N2O6S2/c11-1-5(13)3-17-7(9-15)8(10-16)18-4-6(14)2-12/h5-6,11-16H,1-4H2/b9-7-,10-8-. The fraction of sp³-hybridized carbons (Fsp3) is 0.750. The third-order valence-corrected chi connectivity index (χ3v) is 3.94. The molecule has 18 heavy (non-hydrogen) atoms. The highest BCUT2D eigenvalue weighted by Gasteiger charge is 2.16. The van der Waals surface area contributed by atoms with Gasteiger partial charge in [-0.3, -0.25) is 0 Å². The van der Waals surface area contributed by atoms with Crippen molar-refractivity contribution < 1.29 is 30.8 Å². The number of thioether (sulfide) groups is 2. The van der Waals surface area contributed by atoms with Crippen LogP contribution in [0, 0.1) is 0 Å². The summed E-state index contributed by atoms with van der Waals surface area (Å²) < 4.78 is 0. The summed E-state index contributed by atoms with van der Waals surface area (Å²) in [6, 6.07) is 0. The van der Waals surface area contributed by atoms with Crippen molar-refractivity contribution in [1.82, 2.24) is 0 Å². The molecule has 0 aliphatic carbocycles. The molecule has 10 heteroatoms. The third kappa shape index (κ3) is 7.03. The number of nitrogens with zero attached hydrogens (tertiary/aromatic N) is 2. The first-order valence-corrected chi connectivity index (χ1v) is 6.84. The molecular weight excluding hydrogens is 284 g/mol. The van der Waals surface area contributed by atoms with E-state index in [1.165, 1.54) is 0 Å². The Morgan fingerprint density at radius 2 is 1.17 bits per heavy atom. The topological polar surface area (TPSA) is 146 Å². The normalized spacial score (nSPS) is 16.7. The van der Waals surface area contributed by atoms with E-state index in [0.29, 0.717) is 0 Å². The van der Waals surface area contributed by atoms with Gasteiger partial charge in [-0.05, 0) is 0 Å². The third-order valence-electron chi connectivity index (χ3n) is 1.61. The Bertz CT molecular complexity index is 261. The van der Waals surface area contributed by atoms with Crippen LogP contribution in [0.5, 0.6) is 0 Å². The maximum atomic E-state index is 9.12. The number of oxime groups is 2. The van der Waals surface area contributed by atoms with Gasteiger partial charge in [-0.1, -0.05) is 33.8 Å². The minimum atomic E-state index is -0.986. The van der Waals surface area contributed by atoms with Gasteiger partial charge in [-0.25, -0.2) is 0 Å². The van der Waals surface area contributed by atoms with Crippen LogP contribution in [0.15, 0.2) is 10.3 Å². The van der Waals surface area contributed by atoms with Crippen LogP contribution >= 0.6 is 23.5 Å². The van der Waals surface area contributed by atoms with E-state index in [-0.39, 0.29) is 21.6 Å². The molecule has 0 aliphatic heterocycles. The van der Waals surface area contributed by atoms with E-state index in [1.807, 2.05) is 0 Å². The van der Waals surface area contributed by atoms with Crippen LogP contribution < -0.4 is 0 Å². The molecule has 0 fully saturated rings. The smallest absolute Gasteiger partial charge is 0.171 e. The van der Waals surface area contributed by atoms with Crippen molar-refractivity contribution in [2.75, 3.05) is 24.7 Å². The zero-order valence-corrected chi connectivity index (χ0v) is 11.0. The molecule has 0 saturated heterocycles. The average Bonchev–Trinajstić information content (AvgIpc) is 2.41. The molecule has 6 N–H and O–H groups in total. The van der Waals surface area contributed by atoms with E-state index < -0.39 is 25.4 Å². The minimum absolute atomic E-state index is 0.0536. The highest BCUT2D eigenvalue weighted by Crippen LogP contribution is 2.16. The molecule has 0 aromatic rings. The number of hydrogen-bond acceptors (Lipinski definition) is 10. The van der Waals surface area contributed by atoms with Crippen LogP contribution in [0.4, 0.5) is 0 Å². The molecule has 0 heterocycles. The summed E-state index contributed by atoms with van der Waals surface area (Å²) >= 11 is 1.76. The fourth-order valence-corrected chi connectivity index (χ4v) is 2.43. The fourth-order valence-electron chi connectivity index (χ4n) is 0.722. The van der Waals surface area contributed by atoms with Gasteiger partial charge in [-0.2, -0.15) is 0 Å². The van der Waals surface area contributed by atoms with E-state index >= 15 is 0 Å². The SMILES string of the molecule is OCC(O)CSC(=N\O)/C(=N/O)SCC(O)CO. The summed E-state index contributed by atoms with van der Waals surface area (Å²) in [4.78, 5) is 0. The predicted octanol–water partition coefficient (Wildman–Crippen LogP) is -1.27. The lowest BCUT2D eigenvalue weighted by molar-refractivity contribution is 0.113. The first-order valence-electron chi connectivity index (χ1n) is 4.86. The van der Waals surface area contributed by atoms with Crippen molar-refractivity contribution in [3.8, 4) is 0 Å². The van der Waals surface area contributed by atoms with E-state index in [2.05, 4.69) is 10.3 Å². The van der Waals surface area contributed by atoms with Crippen molar-refractivity contribution in [2.24, 2.45) is 10.3 Å². The summed E-state index contributed by atoms with van der Waals surface area (Å²) in [7, 11) is 0. The second-order valence-electron chi connectivity index (χ2n) is 3.11. The van der Waals surface area contributed by atoms with Gasteiger partial charge in [0.05, 0.1) is 25.4 Å². The molecule has 8 nitrogen and oxygen atoms in total. The summed E-state index contributed by atoms with van der Waals surface area (Å²) in [6.45, 7) is -0.874. The molecular formula is C8H16N2O6S2. The predicted molar refractivity (Wildman–Crippen MR) is 69.5 cm³/mol. The van der Waals surface area contributed by atoms with Gasteiger partial charge in [-0.15, -0.1) is 0 Å². The Hall–Kier alpha value is -0.520. The van der Waals surface area contributed by atoms with Crippen molar-refractivity contribution in [1.29, 1.82) is 0 Å². The maximum Gasteiger partial charge on any atom is 0.171 e. The van der Waals surface area contributed by atoms with Gasteiger partial charge in [0.25, 0.3) is 0 Å². The highest BCUT2D eigenvalue weighted by atomic mass is 32.2. The van der Waals surface area contributed by atoms with Crippen LogP contribution in [0.3, 0.4) is 0 Å². The molecule has 0 saturated carbocycles. The van der Waals surface area contributed by atoms with Gasteiger partial charge < -0.3 is 30.8 Å². The number of hydrogen-bond donors (Lipinski definition) is 6. The van der Waals surface area contributed by atoms with Crippen molar-refractivity contribution in [2.45, 2.75) is 12.2 Å². The minimum Gasteiger partial charge on any atom is -0.410 e. The lowest BCUT2D eigenvalue weighted by atomic mass is 10.4. The molecule has 0 amide bonds. The molecule has 0 rings (SSSR count). The quantitative estimate of drug-likeness (QED) is 0.154. The Balaban J connectivity index is 4.33. The van der Waals surface area contributed by atoms with E-state index in [9.17, 15) is 0 Å². The number of rotatable bonds is 6. The van der Waals surface area contributed by atoms with Crippen molar-refractivity contribution in [3.63, 3.8) is 0 Å². The van der Waals surface area contributed by atoms with Gasteiger partial charge in [0.2, 0.25) is 0 Å². The molecule has 0 bridgehead atoms. The van der Waals surface area contributed by atoms with E-state index in [0.717, 1.165) is 23.5 Å². The summed E-state index contributed by atoms with van der Waals surface area (Å²) in [5.74, 6) is 0.107. The van der Waals surface area contributed by atoms with Crippen LogP contribution in [0.1, 0.15) is 0 Å². The lowest BCUT2D eigenvalue weighted by Gasteiger charge is -2.10.